The summed E-state index contributed by atoms with van der Waals surface area (Å²) in [5.74, 6) is 0. The lowest BCUT2D eigenvalue weighted by Gasteiger charge is -2.09. The van der Waals surface area contributed by atoms with Crippen LogP contribution in [-0.4, -0.2) is 4.57 Å². The van der Waals surface area contributed by atoms with Crippen molar-refractivity contribution in [3.8, 4) is 27.9 Å². The van der Waals surface area contributed by atoms with E-state index in [-0.39, 0.29) is 0 Å². The van der Waals surface area contributed by atoms with Gasteiger partial charge in [-0.15, -0.1) is 11.3 Å². The summed E-state index contributed by atoms with van der Waals surface area (Å²) in [5.41, 5.74) is 10.3. The van der Waals surface area contributed by atoms with Crippen LogP contribution in [0.3, 0.4) is 0 Å². The average molecular weight is 592 g/mol. The lowest BCUT2D eigenvalue weighted by Crippen LogP contribution is -1.93. The van der Waals surface area contributed by atoms with Gasteiger partial charge in [-0.2, -0.15) is 0 Å². The summed E-state index contributed by atoms with van der Waals surface area (Å²) in [5, 5.41) is 7.48. The number of nitrogens with zero attached hydrogens (tertiary/aromatic N) is 1. The number of rotatable bonds is 3. The van der Waals surface area contributed by atoms with E-state index in [1.54, 1.807) is 0 Å². The van der Waals surface area contributed by atoms with Crippen LogP contribution in [-0.2, 0) is 0 Å². The zero-order valence-corrected chi connectivity index (χ0v) is 25.0. The number of hydrogen-bond donors (Lipinski definition) is 0. The van der Waals surface area contributed by atoms with Crippen LogP contribution in [0, 0.1) is 0 Å². The minimum atomic E-state index is 0.924. The molecule has 0 bridgehead atoms. The van der Waals surface area contributed by atoms with E-state index >= 15 is 0 Å². The molecule has 0 aliphatic carbocycles. The molecule has 0 aliphatic heterocycles. The normalized spacial score (nSPS) is 12.0. The molecule has 10 rings (SSSR count). The lowest BCUT2D eigenvalue weighted by molar-refractivity contribution is 0.669. The van der Waals surface area contributed by atoms with Crippen molar-refractivity contribution in [2.75, 3.05) is 0 Å². The number of thiophene rings is 1. The Balaban J connectivity index is 1.07. The van der Waals surface area contributed by atoms with Gasteiger partial charge >= 0.3 is 0 Å². The molecule has 45 heavy (non-hydrogen) atoms. The molecular formula is C42H25NOS. The fourth-order valence-electron chi connectivity index (χ4n) is 7.04. The van der Waals surface area contributed by atoms with Crippen molar-refractivity contribution in [2.24, 2.45) is 0 Å². The molecule has 0 amide bonds. The predicted octanol–water partition coefficient (Wildman–Crippen LogP) is 12.4. The van der Waals surface area contributed by atoms with Crippen LogP contribution in [0.5, 0.6) is 0 Å². The Morgan fingerprint density at radius 3 is 1.82 bits per heavy atom. The Morgan fingerprint density at radius 2 is 0.978 bits per heavy atom. The second-order valence-electron chi connectivity index (χ2n) is 11.7. The topological polar surface area (TPSA) is 18.1 Å². The van der Waals surface area contributed by atoms with Gasteiger partial charge < -0.3 is 8.98 Å². The Labute approximate surface area is 263 Å². The molecular weight excluding hydrogens is 567 g/mol. The summed E-state index contributed by atoms with van der Waals surface area (Å²) in [7, 11) is 0. The monoisotopic (exact) mass is 591 g/mol. The molecule has 3 heterocycles. The highest BCUT2D eigenvalue weighted by atomic mass is 32.1. The van der Waals surface area contributed by atoms with E-state index in [0.29, 0.717) is 0 Å². The fourth-order valence-corrected chi connectivity index (χ4v) is 8.13. The van der Waals surface area contributed by atoms with Gasteiger partial charge in [0.05, 0.1) is 11.0 Å². The molecule has 3 heteroatoms. The number of hydrogen-bond acceptors (Lipinski definition) is 2. The first-order valence-corrected chi connectivity index (χ1v) is 16.1. The molecule has 0 unspecified atom stereocenters. The summed E-state index contributed by atoms with van der Waals surface area (Å²) in [6.07, 6.45) is 0. The number of fused-ring (bicyclic) bond motifs is 9. The number of benzene rings is 7. The SMILES string of the molecule is c1ccc2c(c1)oc1ccc(-c3ccc(-c4ccc5c(c4)c4ccccc4n5-c4ccc5sc6ccccc6c5c4)cc3)cc12. The van der Waals surface area contributed by atoms with Crippen molar-refractivity contribution in [3.05, 3.63) is 152 Å². The van der Waals surface area contributed by atoms with Gasteiger partial charge in [0.1, 0.15) is 11.2 Å². The molecule has 0 aliphatic rings. The zero-order chi connectivity index (χ0) is 29.5. The molecule has 2 nitrogen and oxygen atoms in total. The molecule has 0 saturated carbocycles. The minimum Gasteiger partial charge on any atom is -0.456 e. The predicted molar refractivity (Wildman–Crippen MR) is 192 cm³/mol. The van der Waals surface area contributed by atoms with Crippen LogP contribution in [0.1, 0.15) is 0 Å². The molecule has 0 radical (unpaired) electrons. The first kappa shape index (κ1) is 24.8. The largest absolute Gasteiger partial charge is 0.456 e. The summed E-state index contributed by atoms with van der Waals surface area (Å²) >= 11 is 1.86. The van der Waals surface area contributed by atoms with Crippen molar-refractivity contribution in [3.63, 3.8) is 0 Å². The molecule has 10 aromatic rings. The molecule has 0 atom stereocenters. The highest BCUT2D eigenvalue weighted by molar-refractivity contribution is 7.25. The van der Waals surface area contributed by atoms with Crippen LogP contribution >= 0.6 is 11.3 Å². The van der Waals surface area contributed by atoms with Gasteiger partial charge in [0.2, 0.25) is 0 Å². The molecule has 3 aromatic heterocycles. The van der Waals surface area contributed by atoms with E-state index in [1.165, 1.54) is 69.9 Å². The zero-order valence-electron chi connectivity index (χ0n) is 24.2. The van der Waals surface area contributed by atoms with Gasteiger partial charge in [0.15, 0.2) is 0 Å². The fraction of sp³-hybridized carbons (Fsp3) is 0. The van der Waals surface area contributed by atoms with Crippen molar-refractivity contribution < 1.29 is 4.42 Å². The summed E-state index contributed by atoms with van der Waals surface area (Å²) in [6, 6.07) is 54.9. The number of aromatic nitrogens is 1. The van der Waals surface area contributed by atoms with Crippen molar-refractivity contribution >= 4 is 75.3 Å². The van der Waals surface area contributed by atoms with Gasteiger partial charge in [-0.05, 0) is 82.9 Å². The second-order valence-corrected chi connectivity index (χ2v) is 12.8. The van der Waals surface area contributed by atoms with Crippen molar-refractivity contribution in [2.45, 2.75) is 0 Å². The van der Waals surface area contributed by atoms with Gasteiger partial charge in [0.25, 0.3) is 0 Å². The Hall–Kier alpha value is -5.64. The summed E-state index contributed by atoms with van der Waals surface area (Å²) in [4.78, 5) is 0. The minimum absolute atomic E-state index is 0.924. The van der Waals surface area contributed by atoms with Crippen LogP contribution in [0.15, 0.2) is 156 Å². The Morgan fingerprint density at radius 1 is 0.378 bits per heavy atom. The second kappa shape index (κ2) is 9.43. The lowest BCUT2D eigenvalue weighted by atomic mass is 9.98. The van der Waals surface area contributed by atoms with Crippen LogP contribution in [0.25, 0.3) is 91.9 Å². The third kappa shape index (κ3) is 3.75. The third-order valence-electron chi connectivity index (χ3n) is 9.22. The molecule has 0 spiro atoms. The molecule has 0 fully saturated rings. The van der Waals surface area contributed by atoms with E-state index in [4.69, 9.17) is 4.42 Å². The highest BCUT2D eigenvalue weighted by Gasteiger charge is 2.15. The van der Waals surface area contributed by atoms with E-state index < -0.39 is 0 Å². The van der Waals surface area contributed by atoms with E-state index in [1.807, 2.05) is 23.5 Å². The molecule has 0 N–H and O–H groups in total. The van der Waals surface area contributed by atoms with Gasteiger partial charge in [-0.25, -0.2) is 0 Å². The van der Waals surface area contributed by atoms with E-state index in [0.717, 1.165) is 21.9 Å². The van der Waals surface area contributed by atoms with Crippen LogP contribution in [0.4, 0.5) is 0 Å². The smallest absolute Gasteiger partial charge is 0.135 e. The molecule has 0 saturated heterocycles. The van der Waals surface area contributed by atoms with E-state index in [2.05, 4.69) is 144 Å². The van der Waals surface area contributed by atoms with Crippen LogP contribution in [0.2, 0.25) is 0 Å². The van der Waals surface area contributed by atoms with Gasteiger partial charge in [-0.3, -0.25) is 0 Å². The maximum atomic E-state index is 6.05. The quantitative estimate of drug-likeness (QED) is 0.200. The van der Waals surface area contributed by atoms with E-state index in [9.17, 15) is 0 Å². The Bertz CT molecular complexity index is 2760. The highest BCUT2D eigenvalue weighted by Crippen LogP contribution is 2.39. The average Bonchev–Trinajstić information content (AvgIpc) is 3.77. The Kier molecular flexibility index (Phi) is 5.19. The van der Waals surface area contributed by atoms with Crippen molar-refractivity contribution in [1.29, 1.82) is 0 Å². The van der Waals surface area contributed by atoms with Gasteiger partial charge in [-0.1, -0.05) is 91.0 Å². The van der Waals surface area contributed by atoms with Crippen LogP contribution < -0.4 is 0 Å². The summed E-state index contributed by atoms with van der Waals surface area (Å²) in [6.45, 7) is 0. The maximum Gasteiger partial charge on any atom is 0.135 e. The first-order valence-electron chi connectivity index (χ1n) is 15.3. The molecule has 210 valence electrons. The third-order valence-corrected chi connectivity index (χ3v) is 10.4. The van der Waals surface area contributed by atoms with Gasteiger partial charge in [0, 0.05) is 47.4 Å². The number of furan rings is 1. The number of para-hydroxylation sites is 2. The van der Waals surface area contributed by atoms with Crippen molar-refractivity contribution in [1.82, 2.24) is 4.57 Å². The molecule has 7 aromatic carbocycles. The summed E-state index contributed by atoms with van der Waals surface area (Å²) < 4.78 is 11.1. The standard InChI is InChI=1S/C42H25NOS/c1-4-10-37-31(7-1)34-23-28(17-20-38(34)43(37)30-19-22-42-36(25-30)33-9-3-6-12-41(33)45-42)26-13-15-27(16-14-26)29-18-21-40-35(24-29)32-8-2-5-11-39(32)44-40/h1-25H. The first-order chi connectivity index (χ1) is 22.3. The maximum absolute atomic E-state index is 6.05.